The number of hydrogen-bond acceptors (Lipinski definition) is 4. The van der Waals surface area contributed by atoms with Crippen molar-refractivity contribution in [2.75, 3.05) is 13.1 Å². The molecule has 0 unspecified atom stereocenters. The Hall–Kier alpha value is -2.52. The van der Waals surface area contributed by atoms with E-state index in [2.05, 4.69) is 11.1 Å². The van der Waals surface area contributed by atoms with E-state index in [0.717, 1.165) is 47.6 Å². The molecule has 0 bridgehead atoms. The minimum atomic E-state index is -0.176. The molecule has 6 heteroatoms. The maximum absolute atomic E-state index is 12.7. The Morgan fingerprint density at radius 2 is 2.04 bits per heavy atom. The fourth-order valence-corrected chi connectivity index (χ4v) is 4.71. The van der Waals surface area contributed by atoms with Crippen molar-refractivity contribution in [2.45, 2.75) is 37.0 Å². The zero-order valence-corrected chi connectivity index (χ0v) is 15.7. The van der Waals surface area contributed by atoms with Crippen LogP contribution >= 0.6 is 11.8 Å². The lowest BCUT2D eigenvalue weighted by atomic mass is 10.2. The van der Waals surface area contributed by atoms with Crippen molar-refractivity contribution in [1.29, 1.82) is 5.26 Å². The Balaban J connectivity index is 1.81. The minimum absolute atomic E-state index is 0.176. The summed E-state index contributed by atoms with van der Waals surface area (Å²) in [5, 5.41) is 10.3. The van der Waals surface area contributed by atoms with Gasteiger partial charge in [0.05, 0.1) is 26.9 Å². The largest absolute Gasteiger partial charge is 0.342 e. The second kappa shape index (κ2) is 6.65. The van der Waals surface area contributed by atoms with Gasteiger partial charge in [-0.1, -0.05) is 23.9 Å². The zero-order valence-electron chi connectivity index (χ0n) is 14.9. The number of nitriles is 1. The second-order valence-electron chi connectivity index (χ2n) is 6.70. The van der Waals surface area contributed by atoms with E-state index < -0.39 is 0 Å². The van der Waals surface area contributed by atoms with Crippen LogP contribution < -0.4 is 0 Å². The number of hydrogen-bond donors (Lipinski definition) is 0. The fraction of sp³-hybridized carbons (Fsp3) is 0.350. The number of aryl methyl sites for hydroxylation is 1. The van der Waals surface area contributed by atoms with E-state index in [1.165, 1.54) is 0 Å². The first-order chi connectivity index (χ1) is 12.6. The molecule has 0 aliphatic carbocycles. The van der Waals surface area contributed by atoms with E-state index in [9.17, 15) is 10.1 Å². The Bertz CT molecular complexity index is 1040. The molecule has 4 rings (SSSR count). The van der Waals surface area contributed by atoms with Crippen LogP contribution in [-0.4, -0.2) is 38.5 Å². The molecule has 0 saturated carbocycles. The van der Waals surface area contributed by atoms with E-state index in [4.69, 9.17) is 0 Å². The van der Waals surface area contributed by atoms with Gasteiger partial charge >= 0.3 is 0 Å². The average molecular weight is 364 g/mol. The molecule has 1 fully saturated rings. The number of rotatable bonds is 3. The number of imidazole rings is 1. The van der Waals surface area contributed by atoms with E-state index >= 15 is 0 Å². The van der Waals surface area contributed by atoms with Gasteiger partial charge < -0.3 is 4.90 Å². The Morgan fingerprint density at radius 1 is 1.31 bits per heavy atom. The number of carbonyl (C=O) groups excluding carboxylic acids is 1. The molecule has 0 N–H and O–H groups in total. The molecule has 2 aromatic heterocycles. The summed E-state index contributed by atoms with van der Waals surface area (Å²) in [5.41, 5.74) is 3.96. The van der Waals surface area contributed by atoms with Crippen LogP contribution in [0, 0.1) is 18.3 Å². The third-order valence-corrected chi connectivity index (χ3v) is 6.01. The zero-order chi connectivity index (χ0) is 18.3. The van der Waals surface area contributed by atoms with Gasteiger partial charge in [-0.25, -0.2) is 4.98 Å². The summed E-state index contributed by atoms with van der Waals surface area (Å²) in [4.78, 5) is 19.3. The van der Waals surface area contributed by atoms with Gasteiger partial charge in [0.2, 0.25) is 5.91 Å². The molecule has 3 heterocycles. The molecule has 3 aromatic rings. The Morgan fingerprint density at radius 3 is 2.77 bits per heavy atom. The quantitative estimate of drug-likeness (QED) is 0.664. The summed E-state index contributed by atoms with van der Waals surface area (Å²) in [5.74, 6) is 0.187. The molecule has 0 spiro atoms. The molecule has 5 nitrogen and oxygen atoms in total. The maximum Gasteiger partial charge on any atom is 0.235 e. The molecule has 0 radical (unpaired) electrons. The van der Waals surface area contributed by atoms with E-state index in [1.54, 1.807) is 11.8 Å². The van der Waals surface area contributed by atoms with E-state index in [1.807, 2.05) is 53.5 Å². The normalized spacial score (nSPS) is 15.5. The van der Waals surface area contributed by atoms with Gasteiger partial charge in [0, 0.05) is 13.1 Å². The topological polar surface area (TPSA) is 61.4 Å². The monoisotopic (exact) mass is 364 g/mol. The van der Waals surface area contributed by atoms with Crippen LogP contribution in [-0.2, 0) is 4.79 Å². The second-order valence-corrected chi connectivity index (χ2v) is 8.07. The van der Waals surface area contributed by atoms with Crippen molar-refractivity contribution < 1.29 is 4.79 Å². The van der Waals surface area contributed by atoms with Crippen molar-refractivity contribution >= 4 is 34.3 Å². The summed E-state index contributed by atoms with van der Waals surface area (Å²) in [6.45, 7) is 5.61. The third kappa shape index (κ3) is 2.73. The standard InChI is InChI=1S/C20H20N4OS/c1-13-11-18(26-14(2)20(25)23-9-5-6-10-23)24-17-8-4-3-7-16(17)22-19(24)15(13)12-21/h3-4,7-8,11,14H,5-6,9-10H2,1-2H3/t14-/m0/s1. The molecular formula is C20H20N4OS. The number of thioether (sulfide) groups is 1. The van der Waals surface area contributed by atoms with Gasteiger partial charge in [-0.3, -0.25) is 9.20 Å². The SMILES string of the molecule is Cc1cc(S[C@@H](C)C(=O)N2CCCC2)n2c(nc3ccccc32)c1C#N. The van der Waals surface area contributed by atoms with Crippen molar-refractivity contribution in [3.05, 3.63) is 41.5 Å². The van der Waals surface area contributed by atoms with E-state index in [0.29, 0.717) is 11.2 Å². The molecule has 1 aliphatic rings. The summed E-state index contributed by atoms with van der Waals surface area (Å²) >= 11 is 1.54. The highest BCUT2D eigenvalue weighted by molar-refractivity contribution is 8.00. The highest BCUT2D eigenvalue weighted by Gasteiger charge is 2.25. The van der Waals surface area contributed by atoms with Crippen molar-refractivity contribution in [3.8, 4) is 6.07 Å². The number of aromatic nitrogens is 2. The summed E-state index contributed by atoms with van der Waals surface area (Å²) in [6.07, 6.45) is 2.19. The lowest BCUT2D eigenvalue weighted by molar-refractivity contribution is -0.129. The number of pyridine rings is 1. The van der Waals surface area contributed by atoms with Crippen LogP contribution in [0.1, 0.15) is 30.9 Å². The molecule has 132 valence electrons. The average Bonchev–Trinajstić information content (AvgIpc) is 3.29. The number of benzene rings is 1. The molecule has 1 aromatic carbocycles. The number of fused-ring (bicyclic) bond motifs is 3. The van der Waals surface area contributed by atoms with Gasteiger partial charge in [-0.2, -0.15) is 5.26 Å². The first kappa shape index (κ1) is 16.9. The number of para-hydroxylation sites is 2. The number of carbonyl (C=O) groups is 1. The number of amides is 1. The van der Waals surface area contributed by atoms with Crippen LogP contribution in [0.3, 0.4) is 0 Å². The molecule has 1 amide bonds. The van der Waals surface area contributed by atoms with Crippen molar-refractivity contribution in [2.24, 2.45) is 0 Å². The van der Waals surface area contributed by atoms with Gasteiger partial charge in [0.15, 0.2) is 5.65 Å². The van der Waals surface area contributed by atoms with Crippen LogP contribution in [0.2, 0.25) is 0 Å². The van der Waals surface area contributed by atoms with Crippen LogP contribution in [0.4, 0.5) is 0 Å². The highest BCUT2D eigenvalue weighted by Crippen LogP contribution is 2.32. The van der Waals surface area contributed by atoms with Crippen LogP contribution in [0.15, 0.2) is 35.4 Å². The van der Waals surface area contributed by atoms with Gasteiger partial charge in [-0.05, 0) is 50.5 Å². The highest BCUT2D eigenvalue weighted by atomic mass is 32.2. The van der Waals surface area contributed by atoms with Gasteiger partial charge in [0.1, 0.15) is 6.07 Å². The Kier molecular flexibility index (Phi) is 4.33. The summed E-state index contributed by atoms with van der Waals surface area (Å²) in [7, 11) is 0. The van der Waals surface area contributed by atoms with E-state index in [-0.39, 0.29) is 11.2 Å². The first-order valence-electron chi connectivity index (χ1n) is 8.86. The minimum Gasteiger partial charge on any atom is -0.342 e. The van der Waals surface area contributed by atoms with Gasteiger partial charge in [0.25, 0.3) is 0 Å². The summed E-state index contributed by atoms with van der Waals surface area (Å²) in [6, 6.07) is 12.1. The van der Waals surface area contributed by atoms with Crippen molar-refractivity contribution in [3.63, 3.8) is 0 Å². The maximum atomic E-state index is 12.7. The predicted octanol–water partition coefficient (Wildman–Crippen LogP) is 3.77. The molecule has 26 heavy (non-hydrogen) atoms. The lowest BCUT2D eigenvalue weighted by Crippen LogP contribution is -2.34. The van der Waals surface area contributed by atoms with Crippen LogP contribution in [0.25, 0.3) is 16.7 Å². The first-order valence-corrected chi connectivity index (χ1v) is 9.74. The number of likely N-dealkylation sites (tertiary alicyclic amines) is 1. The third-order valence-electron chi connectivity index (χ3n) is 4.91. The van der Waals surface area contributed by atoms with Crippen LogP contribution in [0.5, 0.6) is 0 Å². The fourth-order valence-electron chi connectivity index (χ4n) is 3.57. The van der Waals surface area contributed by atoms with Gasteiger partial charge in [-0.15, -0.1) is 0 Å². The molecular weight excluding hydrogens is 344 g/mol. The molecule has 1 aliphatic heterocycles. The smallest absolute Gasteiger partial charge is 0.235 e. The molecule has 1 atom stereocenters. The summed E-state index contributed by atoms with van der Waals surface area (Å²) < 4.78 is 2.01. The predicted molar refractivity (Wildman–Crippen MR) is 103 cm³/mol. The Labute approximate surface area is 156 Å². The molecule has 1 saturated heterocycles. The van der Waals surface area contributed by atoms with Crippen molar-refractivity contribution in [1.82, 2.24) is 14.3 Å². The number of nitrogens with zero attached hydrogens (tertiary/aromatic N) is 4. The lowest BCUT2D eigenvalue weighted by Gasteiger charge is -2.20.